The van der Waals surface area contributed by atoms with Gasteiger partial charge in [-0.25, -0.2) is 0 Å². The number of hydrogen-bond acceptors (Lipinski definition) is 1. The van der Waals surface area contributed by atoms with Crippen molar-refractivity contribution >= 4 is 5.78 Å². The van der Waals surface area contributed by atoms with Crippen LogP contribution in [0.2, 0.25) is 0 Å². The second-order valence-electron chi connectivity index (χ2n) is 6.20. The molecule has 0 fully saturated rings. The highest BCUT2D eigenvalue weighted by atomic mass is 16.1. The fourth-order valence-corrected chi connectivity index (χ4v) is 1.97. The first-order chi connectivity index (χ1) is 7.34. The van der Waals surface area contributed by atoms with Gasteiger partial charge < -0.3 is 0 Å². The average Bonchev–Trinajstić information content (AvgIpc) is 2.16. The van der Waals surface area contributed by atoms with E-state index in [1.54, 1.807) is 0 Å². The molecular weight excluding hydrogens is 196 g/mol. The Bertz CT molecular complexity index is 180. The van der Waals surface area contributed by atoms with E-state index in [9.17, 15) is 4.79 Å². The van der Waals surface area contributed by atoms with E-state index in [0.717, 1.165) is 12.8 Å². The first kappa shape index (κ1) is 15.7. The molecule has 16 heavy (non-hydrogen) atoms. The van der Waals surface area contributed by atoms with Gasteiger partial charge in [-0.2, -0.15) is 0 Å². The summed E-state index contributed by atoms with van der Waals surface area (Å²) >= 11 is 0. The lowest BCUT2D eigenvalue weighted by Crippen LogP contribution is -2.21. The summed E-state index contributed by atoms with van der Waals surface area (Å²) < 4.78 is 0. The topological polar surface area (TPSA) is 17.1 Å². The van der Waals surface area contributed by atoms with Crippen LogP contribution in [0.25, 0.3) is 0 Å². The Balaban J connectivity index is 4.21. The molecule has 0 aromatic heterocycles. The van der Waals surface area contributed by atoms with Crippen molar-refractivity contribution in [2.24, 2.45) is 23.7 Å². The minimum atomic E-state index is 0.198. The summed E-state index contributed by atoms with van der Waals surface area (Å²) in [6, 6.07) is 0. The highest BCUT2D eigenvalue weighted by Crippen LogP contribution is 2.23. The molecule has 0 bridgehead atoms. The molecule has 0 spiro atoms. The zero-order chi connectivity index (χ0) is 12.7. The summed E-state index contributed by atoms with van der Waals surface area (Å²) in [6.45, 7) is 13.0. The number of carbonyl (C=O) groups is 1. The van der Waals surface area contributed by atoms with Gasteiger partial charge in [0.15, 0.2) is 0 Å². The van der Waals surface area contributed by atoms with E-state index in [2.05, 4.69) is 27.7 Å². The Kier molecular flexibility index (Phi) is 7.70. The number of rotatable bonds is 8. The van der Waals surface area contributed by atoms with Gasteiger partial charge in [-0.3, -0.25) is 4.79 Å². The van der Waals surface area contributed by atoms with Crippen LogP contribution in [-0.2, 0) is 4.79 Å². The maximum absolute atomic E-state index is 12.1. The van der Waals surface area contributed by atoms with E-state index in [0.29, 0.717) is 23.5 Å². The number of Topliss-reactive ketones (excluding diaryl/α,β-unsaturated/α-hetero) is 1. The molecule has 0 saturated heterocycles. The molecule has 1 nitrogen and oxygen atoms in total. The van der Waals surface area contributed by atoms with Crippen LogP contribution in [0.4, 0.5) is 0 Å². The molecule has 0 radical (unpaired) electrons. The van der Waals surface area contributed by atoms with Crippen LogP contribution in [-0.4, -0.2) is 5.78 Å². The first-order valence-corrected chi connectivity index (χ1v) is 6.88. The molecule has 0 aliphatic rings. The summed E-state index contributed by atoms with van der Waals surface area (Å²) in [5, 5.41) is 0. The normalized spacial score (nSPS) is 12.1. The summed E-state index contributed by atoms with van der Waals surface area (Å²) in [7, 11) is 0. The zero-order valence-electron chi connectivity index (χ0n) is 12.0. The van der Waals surface area contributed by atoms with Crippen molar-refractivity contribution < 1.29 is 4.79 Å². The van der Waals surface area contributed by atoms with Crippen LogP contribution >= 0.6 is 0 Å². The van der Waals surface area contributed by atoms with Crippen molar-refractivity contribution in [3.05, 3.63) is 0 Å². The van der Waals surface area contributed by atoms with Crippen molar-refractivity contribution in [2.45, 2.75) is 67.2 Å². The van der Waals surface area contributed by atoms with Gasteiger partial charge >= 0.3 is 0 Å². The quantitative estimate of drug-likeness (QED) is 0.586. The smallest absolute Gasteiger partial charge is 0.138 e. The van der Waals surface area contributed by atoms with Gasteiger partial charge in [-0.15, -0.1) is 0 Å². The SMILES string of the molecule is CC(C)CCC(CCC(C)C)C(=O)C(C)C. The predicted octanol–water partition coefficient (Wildman–Crippen LogP) is 4.70. The van der Waals surface area contributed by atoms with E-state index in [-0.39, 0.29) is 5.92 Å². The van der Waals surface area contributed by atoms with Gasteiger partial charge in [0.05, 0.1) is 0 Å². The van der Waals surface area contributed by atoms with Crippen LogP contribution in [0.1, 0.15) is 67.2 Å². The minimum Gasteiger partial charge on any atom is -0.299 e. The molecule has 0 aliphatic carbocycles. The lowest BCUT2D eigenvalue weighted by atomic mass is 9.84. The molecule has 0 saturated carbocycles. The lowest BCUT2D eigenvalue weighted by Gasteiger charge is -2.19. The largest absolute Gasteiger partial charge is 0.299 e. The van der Waals surface area contributed by atoms with Crippen LogP contribution < -0.4 is 0 Å². The Hall–Kier alpha value is -0.330. The van der Waals surface area contributed by atoms with Gasteiger partial charge in [0.2, 0.25) is 0 Å². The third-order valence-corrected chi connectivity index (χ3v) is 3.16. The Morgan fingerprint density at radius 2 is 1.12 bits per heavy atom. The fourth-order valence-electron chi connectivity index (χ4n) is 1.97. The van der Waals surface area contributed by atoms with Crippen molar-refractivity contribution in [1.82, 2.24) is 0 Å². The predicted molar refractivity (Wildman–Crippen MR) is 71.5 cm³/mol. The molecule has 0 heterocycles. The summed E-state index contributed by atoms with van der Waals surface area (Å²) in [4.78, 5) is 12.1. The van der Waals surface area contributed by atoms with E-state index in [1.807, 2.05) is 13.8 Å². The monoisotopic (exact) mass is 226 g/mol. The number of hydrogen-bond donors (Lipinski definition) is 0. The molecular formula is C15H30O. The minimum absolute atomic E-state index is 0.198. The van der Waals surface area contributed by atoms with Crippen LogP contribution in [0.15, 0.2) is 0 Å². The van der Waals surface area contributed by atoms with E-state index < -0.39 is 0 Å². The van der Waals surface area contributed by atoms with Crippen molar-refractivity contribution in [3.63, 3.8) is 0 Å². The standard InChI is InChI=1S/C15H30O/c1-11(2)7-9-14(10-8-12(3)4)15(16)13(5)6/h11-14H,7-10H2,1-6H3. The third-order valence-electron chi connectivity index (χ3n) is 3.16. The first-order valence-electron chi connectivity index (χ1n) is 6.88. The van der Waals surface area contributed by atoms with Crippen molar-refractivity contribution in [3.8, 4) is 0 Å². The van der Waals surface area contributed by atoms with Gasteiger partial charge in [-0.05, 0) is 24.7 Å². The molecule has 0 unspecified atom stereocenters. The van der Waals surface area contributed by atoms with Gasteiger partial charge in [0.25, 0.3) is 0 Å². The molecule has 0 atom stereocenters. The van der Waals surface area contributed by atoms with Gasteiger partial charge in [0.1, 0.15) is 5.78 Å². The molecule has 0 N–H and O–H groups in total. The van der Waals surface area contributed by atoms with E-state index in [4.69, 9.17) is 0 Å². The molecule has 0 aromatic rings. The van der Waals surface area contributed by atoms with Gasteiger partial charge in [0, 0.05) is 11.8 Å². The van der Waals surface area contributed by atoms with Crippen LogP contribution in [0.3, 0.4) is 0 Å². The second-order valence-corrected chi connectivity index (χ2v) is 6.20. The molecule has 0 rings (SSSR count). The molecule has 96 valence electrons. The number of ketones is 1. The maximum Gasteiger partial charge on any atom is 0.138 e. The van der Waals surface area contributed by atoms with Crippen molar-refractivity contribution in [1.29, 1.82) is 0 Å². The molecule has 0 amide bonds. The Morgan fingerprint density at radius 3 is 1.38 bits per heavy atom. The summed E-state index contributed by atoms with van der Waals surface area (Å²) in [5.74, 6) is 2.40. The fraction of sp³-hybridized carbons (Fsp3) is 0.933. The van der Waals surface area contributed by atoms with Crippen molar-refractivity contribution in [2.75, 3.05) is 0 Å². The van der Waals surface area contributed by atoms with Crippen LogP contribution in [0, 0.1) is 23.7 Å². The molecule has 0 aliphatic heterocycles. The highest BCUT2D eigenvalue weighted by molar-refractivity contribution is 5.82. The second kappa shape index (κ2) is 7.86. The third kappa shape index (κ3) is 7.03. The maximum atomic E-state index is 12.1. The Labute approximate surface area is 102 Å². The van der Waals surface area contributed by atoms with Gasteiger partial charge in [-0.1, -0.05) is 54.4 Å². The highest BCUT2D eigenvalue weighted by Gasteiger charge is 2.21. The van der Waals surface area contributed by atoms with E-state index in [1.165, 1.54) is 12.8 Å². The summed E-state index contributed by atoms with van der Waals surface area (Å²) in [6.07, 6.45) is 4.53. The number of carbonyl (C=O) groups excluding carboxylic acids is 1. The zero-order valence-corrected chi connectivity index (χ0v) is 12.0. The van der Waals surface area contributed by atoms with E-state index >= 15 is 0 Å². The summed E-state index contributed by atoms with van der Waals surface area (Å²) in [5.41, 5.74) is 0. The molecule has 1 heteroatoms. The molecule has 0 aromatic carbocycles. The Morgan fingerprint density at radius 1 is 0.750 bits per heavy atom. The lowest BCUT2D eigenvalue weighted by molar-refractivity contribution is -0.126. The average molecular weight is 226 g/mol. The van der Waals surface area contributed by atoms with Crippen LogP contribution in [0.5, 0.6) is 0 Å².